The largest absolute Gasteiger partial charge is 0.384 e. The van der Waals surface area contributed by atoms with Crippen LogP contribution in [-0.4, -0.2) is 35.8 Å². The van der Waals surface area contributed by atoms with Gasteiger partial charge < -0.3 is 16.0 Å². The first-order valence-corrected chi connectivity index (χ1v) is 9.96. The molecule has 1 heterocycles. The number of hydrogen-bond donors (Lipinski definition) is 3. The second-order valence-electron chi connectivity index (χ2n) is 7.62. The van der Waals surface area contributed by atoms with E-state index >= 15 is 0 Å². The maximum absolute atomic E-state index is 12.9. The number of aryl methyl sites for hydroxylation is 2. The van der Waals surface area contributed by atoms with E-state index in [0.29, 0.717) is 18.2 Å². The molecular formula is C24H28N4O. The molecule has 0 aromatic heterocycles. The molecule has 1 aliphatic heterocycles. The van der Waals surface area contributed by atoms with Gasteiger partial charge in [-0.1, -0.05) is 11.8 Å². The Balaban J connectivity index is 1.67. The van der Waals surface area contributed by atoms with E-state index < -0.39 is 0 Å². The molecule has 1 aliphatic rings. The van der Waals surface area contributed by atoms with Crippen LogP contribution in [0.4, 0.5) is 5.69 Å². The number of carbonyl (C=O) groups is 1. The van der Waals surface area contributed by atoms with Crippen LogP contribution in [0.25, 0.3) is 0 Å². The molecule has 5 nitrogen and oxygen atoms in total. The van der Waals surface area contributed by atoms with Gasteiger partial charge in [-0.15, -0.1) is 0 Å². The van der Waals surface area contributed by atoms with Gasteiger partial charge in [0.1, 0.15) is 5.84 Å². The third-order valence-electron chi connectivity index (χ3n) is 5.42. The van der Waals surface area contributed by atoms with Crippen molar-refractivity contribution in [2.75, 3.05) is 18.4 Å². The number of benzene rings is 2. The molecule has 1 amide bonds. The lowest BCUT2D eigenvalue weighted by Gasteiger charge is -2.22. The summed E-state index contributed by atoms with van der Waals surface area (Å²) in [6.45, 7) is 7.45. The van der Waals surface area contributed by atoms with Gasteiger partial charge in [0.05, 0.1) is 6.54 Å². The Hall–Kier alpha value is -3.26. The Kier molecular flexibility index (Phi) is 6.23. The second kappa shape index (κ2) is 8.83. The Morgan fingerprint density at radius 3 is 2.59 bits per heavy atom. The third kappa shape index (κ3) is 4.78. The first-order chi connectivity index (χ1) is 13.9. The fourth-order valence-corrected chi connectivity index (χ4v) is 3.62. The van der Waals surface area contributed by atoms with E-state index in [9.17, 15) is 4.79 Å². The van der Waals surface area contributed by atoms with Crippen LogP contribution in [0.3, 0.4) is 0 Å². The molecule has 0 aliphatic carbocycles. The zero-order valence-corrected chi connectivity index (χ0v) is 17.3. The van der Waals surface area contributed by atoms with Gasteiger partial charge in [0, 0.05) is 35.0 Å². The summed E-state index contributed by atoms with van der Waals surface area (Å²) in [6, 6.07) is 11.7. The van der Waals surface area contributed by atoms with Crippen molar-refractivity contribution < 1.29 is 4.79 Å². The molecule has 3 rings (SSSR count). The van der Waals surface area contributed by atoms with Gasteiger partial charge in [-0.25, -0.2) is 0 Å². The molecule has 5 heteroatoms. The van der Waals surface area contributed by atoms with Crippen LogP contribution in [0, 0.1) is 31.1 Å². The predicted molar refractivity (Wildman–Crippen MR) is 118 cm³/mol. The number of amides is 1. The monoisotopic (exact) mass is 388 g/mol. The highest BCUT2D eigenvalue weighted by molar-refractivity contribution is 5.96. The van der Waals surface area contributed by atoms with Crippen LogP contribution in [0.2, 0.25) is 0 Å². The highest BCUT2D eigenvalue weighted by atomic mass is 16.2. The molecule has 0 radical (unpaired) electrons. The maximum Gasteiger partial charge on any atom is 0.254 e. The topological polar surface area (TPSA) is 82.2 Å². The van der Waals surface area contributed by atoms with E-state index in [-0.39, 0.29) is 11.7 Å². The van der Waals surface area contributed by atoms with Crippen molar-refractivity contribution in [3.63, 3.8) is 0 Å². The number of nitrogens with zero attached hydrogens (tertiary/aromatic N) is 1. The number of amidine groups is 1. The summed E-state index contributed by atoms with van der Waals surface area (Å²) >= 11 is 0. The lowest BCUT2D eigenvalue weighted by atomic mass is 9.99. The number of nitrogens with two attached hydrogens (primary N) is 1. The van der Waals surface area contributed by atoms with Crippen LogP contribution in [0.1, 0.15) is 52.4 Å². The zero-order chi connectivity index (χ0) is 21.0. The molecule has 1 atom stereocenters. The molecule has 0 bridgehead atoms. The van der Waals surface area contributed by atoms with Crippen molar-refractivity contribution in [3.8, 4) is 11.8 Å². The molecule has 29 heavy (non-hydrogen) atoms. The van der Waals surface area contributed by atoms with E-state index in [0.717, 1.165) is 47.3 Å². The molecule has 0 saturated carbocycles. The standard InChI is InChI=1S/C24H28N4O/c1-16-15-22(24(29)28-13-5-6-18(28)3)17(2)14-20(16)7-4-12-27-21-10-8-19(9-11-21)23(25)26/h8-11,14-15,18,27H,5-6,12-13H2,1-3H3,(H3,25,26). The fraction of sp³-hybridized carbons (Fsp3) is 0.333. The quantitative estimate of drug-likeness (QED) is 0.424. The predicted octanol–water partition coefficient (Wildman–Crippen LogP) is 3.68. The van der Waals surface area contributed by atoms with Crippen LogP contribution >= 0.6 is 0 Å². The van der Waals surface area contributed by atoms with Crippen molar-refractivity contribution in [1.82, 2.24) is 4.90 Å². The first-order valence-electron chi connectivity index (χ1n) is 9.96. The molecule has 1 fully saturated rings. The summed E-state index contributed by atoms with van der Waals surface area (Å²) in [5.74, 6) is 6.54. The smallest absolute Gasteiger partial charge is 0.254 e. The molecule has 2 aromatic carbocycles. The summed E-state index contributed by atoms with van der Waals surface area (Å²) in [6.07, 6.45) is 2.16. The number of likely N-dealkylation sites (tertiary alicyclic amines) is 1. The minimum atomic E-state index is 0.0586. The lowest BCUT2D eigenvalue weighted by molar-refractivity contribution is 0.0746. The molecule has 0 spiro atoms. The Morgan fingerprint density at radius 2 is 1.97 bits per heavy atom. The lowest BCUT2D eigenvalue weighted by Crippen LogP contribution is -2.34. The summed E-state index contributed by atoms with van der Waals surface area (Å²) < 4.78 is 0. The summed E-state index contributed by atoms with van der Waals surface area (Å²) in [5, 5.41) is 10.7. The number of carbonyl (C=O) groups excluding carboxylic acids is 1. The van der Waals surface area contributed by atoms with Gasteiger partial charge in [0.25, 0.3) is 5.91 Å². The van der Waals surface area contributed by atoms with Gasteiger partial charge in [-0.3, -0.25) is 10.2 Å². The zero-order valence-electron chi connectivity index (χ0n) is 17.3. The summed E-state index contributed by atoms with van der Waals surface area (Å²) in [7, 11) is 0. The van der Waals surface area contributed by atoms with E-state index in [1.165, 1.54) is 0 Å². The molecular weight excluding hydrogens is 360 g/mol. The van der Waals surface area contributed by atoms with Gasteiger partial charge in [0.2, 0.25) is 0 Å². The number of hydrogen-bond acceptors (Lipinski definition) is 3. The SMILES string of the molecule is Cc1cc(C(=O)N2CCCC2C)c(C)cc1C#CCNc1ccc(C(=N)N)cc1. The second-order valence-corrected chi connectivity index (χ2v) is 7.62. The number of rotatable bonds is 4. The van der Waals surface area contributed by atoms with Gasteiger partial charge in [-0.2, -0.15) is 0 Å². The van der Waals surface area contributed by atoms with Crippen molar-refractivity contribution in [1.29, 1.82) is 5.41 Å². The van der Waals surface area contributed by atoms with Crippen LogP contribution in [0.15, 0.2) is 36.4 Å². The van der Waals surface area contributed by atoms with Crippen molar-refractivity contribution in [2.24, 2.45) is 5.73 Å². The van der Waals surface area contributed by atoms with E-state index in [1.807, 2.05) is 55.1 Å². The average molecular weight is 389 g/mol. The third-order valence-corrected chi connectivity index (χ3v) is 5.42. The maximum atomic E-state index is 12.9. The van der Waals surface area contributed by atoms with Gasteiger partial charge in [-0.05, 0) is 81.1 Å². The molecule has 1 saturated heterocycles. The minimum absolute atomic E-state index is 0.0586. The Labute approximate surface area is 172 Å². The molecule has 2 aromatic rings. The molecule has 4 N–H and O–H groups in total. The van der Waals surface area contributed by atoms with Crippen LogP contribution in [-0.2, 0) is 0 Å². The van der Waals surface area contributed by atoms with E-state index in [4.69, 9.17) is 11.1 Å². The number of anilines is 1. The molecule has 1 unspecified atom stereocenters. The van der Waals surface area contributed by atoms with Crippen molar-refractivity contribution in [2.45, 2.75) is 39.7 Å². The van der Waals surface area contributed by atoms with Gasteiger partial charge in [0.15, 0.2) is 0 Å². The Morgan fingerprint density at radius 1 is 1.24 bits per heavy atom. The minimum Gasteiger partial charge on any atom is -0.384 e. The first kappa shape index (κ1) is 20.5. The van der Waals surface area contributed by atoms with Crippen molar-refractivity contribution >= 4 is 17.4 Å². The summed E-state index contributed by atoms with van der Waals surface area (Å²) in [5.41, 5.74) is 10.8. The fourth-order valence-electron chi connectivity index (χ4n) is 3.62. The number of nitrogens with one attached hydrogen (secondary N) is 2. The van der Waals surface area contributed by atoms with Crippen molar-refractivity contribution in [3.05, 3.63) is 64.2 Å². The summed E-state index contributed by atoms with van der Waals surface area (Å²) in [4.78, 5) is 14.9. The van der Waals surface area contributed by atoms with Crippen LogP contribution < -0.4 is 11.1 Å². The van der Waals surface area contributed by atoms with Gasteiger partial charge >= 0.3 is 0 Å². The van der Waals surface area contributed by atoms with E-state index in [2.05, 4.69) is 24.1 Å². The normalized spacial score (nSPS) is 15.6. The highest BCUT2D eigenvalue weighted by Gasteiger charge is 2.27. The number of nitrogen functional groups attached to an aromatic ring is 1. The van der Waals surface area contributed by atoms with E-state index in [1.54, 1.807) is 0 Å². The highest BCUT2D eigenvalue weighted by Crippen LogP contribution is 2.23. The average Bonchev–Trinajstić information content (AvgIpc) is 3.13. The Bertz CT molecular complexity index is 982. The van der Waals surface area contributed by atoms with Crippen LogP contribution in [0.5, 0.6) is 0 Å². The molecule has 150 valence electrons.